The van der Waals surface area contributed by atoms with Gasteiger partial charge in [-0.3, -0.25) is 9.59 Å². The van der Waals surface area contributed by atoms with Gasteiger partial charge in [-0.2, -0.15) is 0 Å². The molecule has 1 amide bonds. The topological polar surface area (TPSA) is 67.8 Å². The standard InChI is InChI=1S/C15H18FN3O2/c1-9(17)15(21)18(3)10(2)14(20)12-5-7-19-6-4-11(16)8-13(12)19/h4-10H,17H2,1-3H3/t9-,10?/m0/s1. The molecule has 2 aromatic heterocycles. The highest BCUT2D eigenvalue weighted by atomic mass is 19.1. The Morgan fingerprint density at radius 3 is 2.52 bits per heavy atom. The fourth-order valence-corrected chi connectivity index (χ4v) is 2.19. The van der Waals surface area contributed by atoms with Gasteiger partial charge in [0.2, 0.25) is 5.91 Å². The minimum Gasteiger partial charge on any atom is -0.334 e. The van der Waals surface area contributed by atoms with Crippen molar-refractivity contribution in [1.29, 1.82) is 0 Å². The third-order valence-electron chi connectivity index (χ3n) is 3.59. The minimum absolute atomic E-state index is 0.250. The smallest absolute Gasteiger partial charge is 0.239 e. The van der Waals surface area contributed by atoms with Crippen LogP contribution < -0.4 is 5.73 Å². The Labute approximate surface area is 122 Å². The lowest BCUT2D eigenvalue weighted by Gasteiger charge is -2.25. The van der Waals surface area contributed by atoms with Crippen molar-refractivity contribution in [2.75, 3.05) is 7.05 Å². The lowest BCUT2D eigenvalue weighted by Crippen LogP contribution is -2.47. The maximum absolute atomic E-state index is 13.3. The Morgan fingerprint density at radius 2 is 1.90 bits per heavy atom. The summed E-state index contributed by atoms with van der Waals surface area (Å²) in [5.41, 5.74) is 6.41. The van der Waals surface area contributed by atoms with Gasteiger partial charge in [-0.15, -0.1) is 0 Å². The predicted molar refractivity (Wildman–Crippen MR) is 77.6 cm³/mol. The van der Waals surface area contributed by atoms with E-state index in [0.717, 1.165) is 0 Å². The van der Waals surface area contributed by atoms with Crippen molar-refractivity contribution >= 4 is 17.2 Å². The first-order valence-corrected chi connectivity index (χ1v) is 6.65. The summed E-state index contributed by atoms with van der Waals surface area (Å²) < 4.78 is 15.0. The second-order valence-corrected chi connectivity index (χ2v) is 5.14. The zero-order valence-electron chi connectivity index (χ0n) is 12.2. The zero-order valence-corrected chi connectivity index (χ0v) is 12.2. The van der Waals surface area contributed by atoms with Crippen LogP contribution in [0.3, 0.4) is 0 Å². The van der Waals surface area contributed by atoms with Crippen molar-refractivity contribution in [3.63, 3.8) is 0 Å². The number of hydrogen-bond donors (Lipinski definition) is 1. The normalized spacial score (nSPS) is 14.0. The Morgan fingerprint density at radius 1 is 1.29 bits per heavy atom. The molecule has 2 rings (SSSR count). The summed E-state index contributed by atoms with van der Waals surface area (Å²) in [6.45, 7) is 3.20. The molecule has 2 heterocycles. The molecule has 21 heavy (non-hydrogen) atoms. The average molecular weight is 291 g/mol. The number of aromatic nitrogens is 1. The van der Waals surface area contributed by atoms with E-state index >= 15 is 0 Å². The molecule has 2 atom stereocenters. The molecule has 0 saturated heterocycles. The van der Waals surface area contributed by atoms with Crippen LogP contribution in [0.4, 0.5) is 4.39 Å². The maximum atomic E-state index is 13.3. The van der Waals surface area contributed by atoms with Gasteiger partial charge in [0.05, 0.1) is 17.6 Å². The lowest BCUT2D eigenvalue weighted by atomic mass is 10.0. The van der Waals surface area contributed by atoms with Gasteiger partial charge < -0.3 is 15.0 Å². The van der Waals surface area contributed by atoms with Crippen molar-refractivity contribution < 1.29 is 14.0 Å². The quantitative estimate of drug-likeness (QED) is 0.867. The largest absolute Gasteiger partial charge is 0.334 e. The number of halogens is 1. The molecule has 2 aromatic rings. The molecule has 0 aromatic carbocycles. The van der Waals surface area contributed by atoms with E-state index in [1.54, 1.807) is 36.7 Å². The van der Waals surface area contributed by atoms with Gasteiger partial charge in [0.1, 0.15) is 5.82 Å². The molecule has 0 spiro atoms. The number of Topliss-reactive ketones (excluding diaryl/α,β-unsaturated/α-hetero) is 1. The predicted octanol–water partition coefficient (Wildman–Crippen LogP) is 1.46. The molecule has 0 aliphatic carbocycles. The van der Waals surface area contributed by atoms with Crippen LogP contribution in [0.2, 0.25) is 0 Å². The summed E-state index contributed by atoms with van der Waals surface area (Å²) in [5, 5.41) is 0. The Balaban J connectivity index is 2.34. The molecule has 112 valence electrons. The van der Waals surface area contributed by atoms with E-state index in [4.69, 9.17) is 5.73 Å². The number of amides is 1. The molecule has 0 aliphatic rings. The summed E-state index contributed by atoms with van der Waals surface area (Å²) in [4.78, 5) is 25.7. The highest BCUT2D eigenvalue weighted by molar-refractivity contribution is 6.07. The first-order valence-electron chi connectivity index (χ1n) is 6.65. The van der Waals surface area contributed by atoms with Crippen LogP contribution in [-0.4, -0.2) is 40.1 Å². The second-order valence-electron chi connectivity index (χ2n) is 5.14. The highest BCUT2D eigenvalue weighted by Gasteiger charge is 2.26. The molecule has 6 heteroatoms. The zero-order chi connectivity index (χ0) is 15.7. The van der Waals surface area contributed by atoms with Crippen molar-refractivity contribution in [3.8, 4) is 0 Å². The number of ketones is 1. The number of pyridine rings is 1. The second kappa shape index (κ2) is 5.65. The number of likely N-dealkylation sites (N-methyl/N-ethyl adjacent to an activating group) is 1. The molecule has 0 aliphatic heterocycles. The number of nitrogens with zero attached hydrogens (tertiary/aromatic N) is 2. The Hall–Kier alpha value is -2.21. The Bertz CT molecular complexity index is 693. The summed E-state index contributed by atoms with van der Waals surface area (Å²) in [7, 11) is 1.53. The fourth-order valence-electron chi connectivity index (χ4n) is 2.19. The average Bonchev–Trinajstić information content (AvgIpc) is 2.86. The molecular weight excluding hydrogens is 273 g/mol. The van der Waals surface area contributed by atoms with Gasteiger partial charge in [-0.25, -0.2) is 4.39 Å². The van der Waals surface area contributed by atoms with Crippen LogP contribution in [0.1, 0.15) is 24.2 Å². The minimum atomic E-state index is -0.673. The van der Waals surface area contributed by atoms with Crippen molar-refractivity contribution in [1.82, 2.24) is 9.30 Å². The third kappa shape index (κ3) is 2.80. The number of rotatable bonds is 4. The van der Waals surface area contributed by atoms with E-state index in [9.17, 15) is 14.0 Å². The molecule has 0 saturated carbocycles. The molecular formula is C15H18FN3O2. The summed E-state index contributed by atoms with van der Waals surface area (Å²) >= 11 is 0. The SMILES string of the molecule is CC(C(=O)c1ccn2ccc(F)cc12)N(C)C(=O)[C@H](C)N. The fraction of sp³-hybridized carbons (Fsp3) is 0.333. The maximum Gasteiger partial charge on any atom is 0.239 e. The number of nitrogens with two attached hydrogens (primary N) is 1. The van der Waals surface area contributed by atoms with Crippen LogP contribution in [0.25, 0.3) is 5.52 Å². The van der Waals surface area contributed by atoms with E-state index in [2.05, 4.69) is 0 Å². The number of carbonyl (C=O) groups excluding carboxylic acids is 2. The summed E-state index contributed by atoms with van der Waals surface area (Å²) in [6.07, 6.45) is 3.23. The van der Waals surface area contributed by atoms with Crippen LogP contribution in [0.5, 0.6) is 0 Å². The molecule has 0 fully saturated rings. The highest BCUT2D eigenvalue weighted by Crippen LogP contribution is 2.17. The first-order chi connectivity index (χ1) is 9.82. The molecule has 0 bridgehead atoms. The Kier molecular flexibility index (Phi) is 4.09. The molecule has 2 N–H and O–H groups in total. The van der Waals surface area contributed by atoms with Crippen molar-refractivity contribution in [2.24, 2.45) is 5.73 Å². The first kappa shape index (κ1) is 15.2. The third-order valence-corrected chi connectivity index (χ3v) is 3.59. The van der Waals surface area contributed by atoms with Crippen LogP contribution >= 0.6 is 0 Å². The van der Waals surface area contributed by atoms with Gasteiger partial charge in [0.25, 0.3) is 0 Å². The van der Waals surface area contributed by atoms with E-state index in [-0.39, 0.29) is 11.7 Å². The van der Waals surface area contributed by atoms with E-state index in [1.165, 1.54) is 24.1 Å². The number of fused-ring (bicyclic) bond motifs is 1. The van der Waals surface area contributed by atoms with Gasteiger partial charge >= 0.3 is 0 Å². The molecule has 0 radical (unpaired) electrons. The summed E-state index contributed by atoms with van der Waals surface area (Å²) in [6, 6.07) is 2.90. The van der Waals surface area contributed by atoms with Gasteiger partial charge in [0, 0.05) is 25.0 Å². The van der Waals surface area contributed by atoms with E-state index in [0.29, 0.717) is 11.1 Å². The van der Waals surface area contributed by atoms with E-state index in [1.807, 2.05) is 0 Å². The number of carbonyl (C=O) groups is 2. The van der Waals surface area contributed by atoms with Crippen molar-refractivity contribution in [2.45, 2.75) is 25.9 Å². The van der Waals surface area contributed by atoms with Gasteiger partial charge in [-0.05, 0) is 32.0 Å². The lowest BCUT2D eigenvalue weighted by molar-refractivity contribution is -0.131. The monoisotopic (exact) mass is 291 g/mol. The number of hydrogen-bond acceptors (Lipinski definition) is 3. The van der Waals surface area contributed by atoms with Crippen molar-refractivity contribution in [3.05, 3.63) is 42.0 Å². The van der Waals surface area contributed by atoms with Crippen LogP contribution in [0, 0.1) is 5.82 Å². The van der Waals surface area contributed by atoms with E-state index < -0.39 is 17.9 Å². The molecule has 5 nitrogen and oxygen atoms in total. The van der Waals surface area contributed by atoms with Crippen LogP contribution in [-0.2, 0) is 4.79 Å². The summed E-state index contributed by atoms with van der Waals surface area (Å²) in [5.74, 6) is -0.979. The van der Waals surface area contributed by atoms with Crippen LogP contribution in [0.15, 0.2) is 30.6 Å². The molecule has 1 unspecified atom stereocenters. The van der Waals surface area contributed by atoms with Gasteiger partial charge in [0.15, 0.2) is 5.78 Å². The van der Waals surface area contributed by atoms with Gasteiger partial charge in [-0.1, -0.05) is 0 Å².